The van der Waals surface area contributed by atoms with Crippen molar-refractivity contribution in [2.24, 2.45) is 17.8 Å². The van der Waals surface area contributed by atoms with Crippen molar-refractivity contribution in [3.63, 3.8) is 0 Å². The molecule has 0 bridgehead atoms. The van der Waals surface area contributed by atoms with E-state index < -0.39 is 123 Å². The first kappa shape index (κ1) is 39.8. The van der Waals surface area contributed by atoms with Gasteiger partial charge in [0.2, 0.25) is 0 Å². The Bertz CT molecular complexity index is 1180. The molecule has 0 aromatic carbocycles. The Morgan fingerprint density at radius 1 is 0.533 bits per heavy atom. The maximum absolute atomic E-state index is 12.9. The molecule has 3 saturated heterocycles. The quantitative estimate of drug-likeness (QED) is 0.123. The normalized spacial score (nSPS) is 40.4. The highest BCUT2D eigenvalue weighted by Crippen LogP contribution is 2.52. The molecule has 19 nitrogen and oxygen atoms in total. The maximum Gasteiger partial charge on any atom is 0.472 e. The van der Waals surface area contributed by atoms with E-state index in [9.17, 15) is 37.8 Å². The van der Waals surface area contributed by atoms with Crippen molar-refractivity contribution in [3.05, 3.63) is 0 Å². The van der Waals surface area contributed by atoms with E-state index in [1.54, 1.807) is 41.5 Å². The van der Waals surface area contributed by atoms with Crippen LogP contribution < -0.4 is 0 Å². The number of hydrogen-bond donors (Lipinski definition) is 6. The van der Waals surface area contributed by atoms with Gasteiger partial charge in [0.15, 0.2) is 0 Å². The van der Waals surface area contributed by atoms with Crippen molar-refractivity contribution >= 4 is 31.1 Å². The lowest BCUT2D eigenvalue weighted by molar-refractivity contribution is -0.0465. The number of rotatable bonds is 16. The second kappa shape index (κ2) is 15.5. The summed E-state index contributed by atoms with van der Waals surface area (Å²) < 4.78 is 96.2. The van der Waals surface area contributed by atoms with Crippen LogP contribution in [0.4, 0.5) is 0 Å². The van der Waals surface area contributed by atoms with Crippen LogP contribution in [0.3, 0.4) is 0 Å². The molecule has 0 radical (unpaired) electrons. The molecule has 23 heteroatoms. The van der Waals surface area contributed by atoms with E-state index in [0.29, 0.717) is 0 Å². The highest BCUT2D eigenvalue weighted by Gasteiger charge is 2.49. The van der Waals surface area contributed by atoms with Crippen LogP contribution in [0.15, 0.2) is 0 Å². The summed E-state index contributed by atoms with van der Waals surface area (Å²) in [6.07, 6.45) is -8.88. The summed E-state index contributed by atoms with van der Waals surface area (Å²) in [5.74, 6) is -1.43. The van der Waals surface area contributed by atoms with E-state index >= 15 is 0 Å². The molecule has 0 aromatic heterocycles. The third-order valence-electron chi connectivity index (χ3n) is 8.16. The summed E-state index contributed by atoms with van der Waals surface area (Å²) >= 11 is 0. The predicted molar refractivity (Wildman–Crippen MR) is 152 cm³/mol. The van der Waals surface area contributed by atoms with E-state index in [2.05, 4.69) is 0 Å². The highest BCUT2D eigenvalue weighted by atomic mass is 31.2. The fourth-order valence-corrected chi connectivity index (χ4v) is 8.34. The molecule has 0 amide bonds. The zero-order valence-corrected chi connectivity index (χ0v) is 29.1. The average molecular weight is 736 g/mol. The fourth-order valence-electron chi connectivity index (χ4n) is 5.29. The van der Waals surface area contributed by atoms with Gasteiger partial charge in [0.25, 0.3) is 0 Å². The SMILES string of the molecule is C[C@@H]1O[C@H](COP(=O)(O)OC2[C@@H](COP(=O)(O)OC3[C@@H](COCP(=O)(O)O)O[C@@H](C)[C@H]3C)O[C@@H](C)[C@H]2C)C(OP(=O)(O)O)[C@@H]1C. The van der Waals surface area contributed by atoms with E-state index in [-0.39, 0.29) is 6.61 Å². The smallest absolute Gasteiger partial charge is 0.370 e. The molecule has 266 valence electrons. The van der Waals surface area contributed by atoms with E-state index in [4.69, 9.17) is 51.4 Å². The molecule has 5 unspecified atom stereocenters. The van der Waals surface area contributed by atoms with Gasteiger partial charge in [-0.15, -0.1) is 0 Å². The van der Waals surface area contributed by atoms with Gasteiger partial charge < -0.3 is 48.3 Å². The molecule has 45 heavy (non-hydrogen) atoms. The molecule has 0 aliphatic carbocycles. The molecule has 0 spiro atoms. The molecule has 0 saturated carbocycles. The van der Waals surface area contributed by atoms with Gasteiger partial charge in [-0.05, 0) is 20.8 Å². The minimum absolute atomic E-state index is 0.331. The van der Waals surface area contributed by atoms with Crippen molar-refractivity contribution < 1.29 is 89.2 Å². The second-order valence-corrected chi connectivity index (χ2v) is 17.2. The number of ether oxygens (including phenoxy) is 4. The fraction of sp³-hybridized carbons (Fsp3) is 1.00. The molecule has 6 N–H and O–H groups in total. The van der Waals surface area contributed by atoms with Crippen LogP contribution >= 0.6 is 31.1 Å². The van der Waals surface area contributed by atoms with Gasteiger partial charge in [-0.3, -0.25) is 27.2 Å². The van der Waals surface area contributed by atoms with Crippen LogP contribution in [0.5, 0.6) is 0 Å². The highest BCUT2D eigenvalue weighted by molar-refractivity contribution is 7.51. The Kier molecular flexibility index (Phi) is 13.7. The van der Waals surface area contributed by atoms with Crippen molar-refractivity contribution in [2.75, 3.05) is 26.2 Å². The second-order valence-electron chi connectivity index (χ2n) is 11.6. The third kappa shape index (κ3) is 11.7. The monoisotopic (exact) mass is 736 g/mol. The maximum atomic E-state index is 12.9. The van der Waals surface area contributed by atoms with E-state index in [1.807, 2.05) is 0 Å². The Hall–Kier alpha value is 0.320. The topological polar surface area (TPSA) is 273 Å². The number of phosphoric acid groups is 3. The zero-order valence-electron chi connectivity index (χ0n) is 25.5. The summed E-state index contributed by atoms with van der Waals surface area (Å²) in [4.78, 5) is 57.5. The Balaban J connectivity index is 1.60. The van der Waals surface area contributed by atoms with Gasteiger partial charge in [-0.1, -0.05) is 20.8 Å². The predicted octanol–water partition coefficient (Wildman–Crippen LogP) is 1.89. The van der Waals surface area contributed by atoms with Gasteiger partial charge >= 0.3 is 31.1 Å². The summed E-state index contributed by atoms with van der Waals surface area (Å²) in [7, 11) is -19.0. The first-order valence-electron chi connectivity index (χ1n) is 14.1. The first-order chi connectivity index (χ1) is 20.5. The Labute approximate surface area is 260 Å². The molecule has 0 aromatic rings. The first-order valence-corrected chi connectivity index (χ1v) is 20.4. The van der Waals surface area contributed by atoms with E-state index in [1.165, 1.54) is 0 Å². The summed E-state index contributed by atoms with van der Waals surface area (Å²) in [5.41, 5.74) is 0. The standard InChI is InChI=1S/C22H44O19P4/c1-11-14(4)37-18(20(11)39-43(26,27)28)8-34-45(31,32)41-22-13(3)16(6)38-19(22)9-35-44(29,30)40-21-12(2)15(5)36-17(21)7-33-10-42(23,24)25/h11-22H,7-10H2,1-6H3,(H,29,30)(H,31,32)(H2,23,24,25)(H2,26,27,28)/t11-,12-,13-,14+,15+,16+,17-,18-,19-,20?,21?,22?/m1/s1. The Morgan fingerprint density at radius 3 is 1.20 bits per heavy atom. The number of hydrogen-bond acceptors (Lipinski definition) is 13. The van der Waals surface area contributed by atoms with Crippen LogP contribution in [0.25, 0.3) is 0 Å². The molecule has 14 atom stereocenters. The third-order valence-corrected chi connectivity index (χ3v) is 11.2. The summed E-state index contributed by atoms with van der Waals surface area (Å²) in [6, 6.07) is 0. The molecule has 3 aliphatic heterocycles. The van der Waals surface area contributed by atoms with Gasteiger partial charge in [-0.2, -0.15) is 0 Å². The van der Waals surface area contributed by atoms with Gasteiger partial charge in [0.05, 0.1) is 38.1 Å². The van der Waals surface area contributed by atoms with Crippen molar-refractivity contribution in [1.29, 1.82) is 0 Å². The zero-order chi connectivity index (χ0) is 34.1. The van der Waals surface area contributed by atoms with Crippen molar-refractivity contribution in [3.8, 4) is 0 Å². The lowest BCUT2D eigenvalue weighted by atomic mass is 10.00. The lowest BCUT2D eigenvalue weighted by Gasteiger charge is -2.27. The van der Waals surface area contributed by atoms with Crippen molar-refractivity contribution in [1.82, 2.24) is 0 Å². The molecule has 3 rings (SSSR count). The van der Waals surface area contributed by atoms with Gasteiger partial charge in [0.1, 0.15) is 43.0 Å². The lowest BCUT2D eigenvalue weighted by Crippen LogP contribution is -2.34. The average Bonchev–Trinajstić information content (AvgIpc) is 3.41. The van der Waals surface area contributed by atoms with Crippen LogP contribution in [-0.2, 0) is 59.8 Å². The Morgan fingerprint density at radius 2 is 0.867 bits per heavy atom. The van der Waals surface area contributed by atoms with Crippen LogP contribution in [0.1, 0.15) is 41.5 Å². The summed E-state index contributed by atoms with van der Waals surface area (Å²) in [6.45, 7) is 8.40. The molecular formula is C22H44O19P4. The minimum atomic E-state index is -4.90. The van der Waals surface area contributed by atoms with Crippen LogP contribution in [0, 0.1) is 17.8 Å². The van der Waals surface area contributed by atoms with E-state index in [0.717, 1.165) is 0 Å². The molecule has 3 aliphatic rings. The van der Waals surface area contributed by atoms with Crippen molar-refractivity contribution in [2.45, 2.75) is 96.5 Å². The van der Waals surface area contributed by atoms with Crippen LogP contribution in [0.2, 0.25) is 0 Å². The van der Waals surface area contributed by atoms with Gasteiger partial charge in [0, 0.05) is 17.8 Å². The molecular weight excluding hydrogens is 692 g/mol. The number of phosphoric ester groups is 3. The molecule has 3 heterocycles. The largest absolute Gasteiger partial charge is 0.472 e. The summed E-state index contributed by atoms with van der Waals surface area (Å²) in [5, 5.41) is 0. The minimum Gasteiger partial charge on any atom is -0.370 e. The molecule has 3 fully saturated rings. The van der Waals surface area contributed by atoms with Gasteiger partial charge in [-0.25, -0.2) is 13.7 Å². The van der Waals surface area contributed by atoms with Crippen LogP contribution in [-0.4, -0.2) is 110 Å².